The van der Waals surface area contributed by atoms with Crippen LogP contribution in [0.2, 0.25) is 0 Å². The van der Waals surface area contributed by atoms with Crippen molar-refractivity contribution in [2.24, 2.45) is 5.92 Å². The highest BCUT2D eigenvalue weighted by atomic mass is 16.5. The summed E-state index contributed by atoms with van der Waals surface area (Å²) >= 11 is 0. The lowest BCUT2D eigenvalue weighted by Crippen LogP contribution is -2.01. The molecule has 0 radical (unpaired) electrons. The predicted molar refractivity (Wildman–Crippen MR) is 63.9 cm³/mol. The fourth-order valence-corrected chi connectivity index (χ4v) is 1.94. The van der Waals surface area contributed by atoms with Crippen molar-refractivity contribution in [2.45, 2.75) is 33.1 Å². The number of hydrogen-bond donors (Lipinski definition) is 0. The average molecular weight is 218 g/mol. The summed E-state index contributed by atoms with van der Waals surface area (Å²) in [6.07, 6.45) is 4.07. The second-order valence-electron chi connectivity index (χ2n) is 4.66. The zero-order valence-electron chi connectivity index (χ0n) is 9.95. The Balaban J connectivity index is 2.11. The Morgan fingerprint density at radius 2 is 1.94 bits per heavy atom. The summed E-state index contributed by atoms with van der Waals surface area (Å²) in [5, 5.41) is 0. The molecule has 0 spiro atoms. The standard InChI is InChI=1S/C14H18O2/c1-10-7-13(16-9-12-3-4-12)8-11(2)14(10)5-6-15/h6-8,12H,3-5,9H2,1-2H3. The summed E-state index contributed by atoms with van der Waals surface area (Å²) in [6, 6.07) is 4.07. The van der Waals surface area contributed by atoms with E-state index in [4.69, 9.17) is 4.74 Å². The lowest BCUT2D eigenvalue weighted by Gasteiger charge is -2.11. The van der Waals surface area contributed by atoms with Gasteiger partial charge in [0.05, 0.1) is 6.61 Å². The minimum atomic E-state index is 0.501. The molecule has 0 atom stereocenters. The van der Waals surface area contributed by atoms with Gasteiger partial charge in [-0.1, -0.05) is 0 Å². The zero-order valence-corrected chi connectivity index (χ0v) is 9.95. The third-order valence-electron chi connectivity index (χ3n) is 3.14. The molecule has 86 valence electrons. The first-order valence-corrected chi connectivity index (χ1v) is 5.87. The largest absolute Gasteiger partial charge is 0.493 e. The van der Waals surface area contributed by atoms with E-state index in [2.05, 4.69) is 0 Å². The summed E-state index contributed by atoms with van der Waals surface area (Å²) in [5.74, 6) is 1.71. The minimum absolute atomic E-state index is 0.501. The molecule has 0 bridgehead atoms. The molecule has 0 amide bonds. The summed E-state index contributed by atoms with van der Waals surface area (Å²) < 4.78 is 5.74. The minimum Gasteiger partial charge on any atom is -0.493 e. The third kappa shape index (κ3) is 2.63. The normalized spacial score (nSPS) is 14.9. The number of carbonyl (C=O) groups is 1. The molecule has 1 aromatic rings. The first-order valence-electron chi connectivity index (χ1n) is 5.87. The molecule has 2 nitrogen and oxygen atoms in total. The van der Waals surface area contributed by atoms with Crippen molar-refractivity contribution in [3.8, 4) is 5.75 Å². The topological polar surface area (TPSA) is 26.3 Å². The second kappa shape index (κ2) is 4.69. The van der Waals surface area contributed by atoms with E-state index in [-0.39, 0.29) is 0 Å². The molecule has 0 aromatic heterocycles. The predicted octanol–water partition coefficient (Wildman–Crippen LogP) is 2.83. The quantitative estimate of drug-likeness (QED) is 0.710. The molecule has 1 aliphatic rings. The molecule has 1 aliphatic carbocycles. The third-order valence-corrected chi connectivity index (χ3v) is 3.14. The SMILES string of the molecule is Cc1cc(OCC2CC2)cc(C)c1CC=O. The highest BCUT2D eigenvalue weighted by Gasteiger charge is 2.22. The van der Waals surface area contributed by atoms with Gasteiger partial charge in [-0.25, -0.2) is 0 Å². The molecule has 2 rings (SSSR count). The number of aryl methyl sites for hydroxylation is 2. The maximum absolute atomic E-state index is 10.6. The van der Waals surface area contributed by atoms with Gasteiger partial charge in [-0.15, -0.1) is 0 Å². The van der Waals surface area contributed by atoms with Crippen LogP contribution in [0.5, 0.6) is 5.75 Å². The van der Waals surface area contributed by atoms with Gasteiger partial charge in [0.1, 0.15) is 12.0 Å². The molecule has 0 saturated heterocycles. The van der Waals surface area contributed by atoms with Crippen LogP contribution < -0.4 is 4.74 Å². The molecule has 2 heteroatoms. The number of aldehydes is 1. The van der Waals surface area contributed by atoms with E-state index >= 15 is 0 Å². The molecular formula is C14H18O2. The Morgan fingerprint density at radius 1 is 1.31 bits per heavy atom. The van der Waals surface area contributed by atoms with Gasteiger partial charge in [-0.2, -0.15) is 0 Å². The zero-order chi connectivity index (χ0) is 11.5. The molecule has 0 aliphatic heterocycles. The summed E-state index contributed by atoms with van der Waals surface area (Å²) in [7, 11) is 0. The van der Waals surface area contributed by atoms with Crippen molar-refractivity contribution in [3.63, 3.8) is 0 Å². The van der Waals surface area contributed by atoms with E-state index < -0.39 is 0 Å². The number of hydrogen-bond acceptors (Lipinski definition) is 2. The van der Waals surface area contributed by atoms with Crippen molar-refractivity contribution in [2.75, 3.05) is 6.61 Å². The highest BCUT2D eigenvalue weighted by Crippen LogP contribution is 2.30. The van der Waals surface area contributed by atoms with Crippen LogP contribution in [0, 0.1) is 19.8 Å². The van der Waals surface area contributed by atoms with E-state index in [9.17, 15) is 4.79 Å². The number of ether oxygens (including phenoxy) is 1. The van der Waals surface area contributed by atoms with Gasteiger partial charge in [0, 0.05) is 6.42 Å². The maximum atomic E-state index is 10.6. The Labute approximate surface area is 96.6 Å². The molecule has 1 aromatic carbocycles. The highest BCUT2D eigenvalue weighted by molar-refractivity contribution is 5.58. The van der Waals surface area contributed by atoms with Gasteiger partial charge in [-0.05, 0) is 61.4 Å². The van der Waals surface area contributed by atoms with Gasteiger partial charge < -0.3 is 9.53 Å². The van der Waals surface area contributed by atoms with Crippen LogP contribution in [0.25, 0.3) is 0 Å². The van der Waals surface area contributed by atoms with Crippen LogP contribution >= 0.6 is 0 Å². The molecular weight excluding hydrogens is 200 g/mol. The summed E-state index contributed by atoms with van der Waals surface area (Å²) in [5.41, 5.74) is 3.43. The number of carbonyl (C=O) groups excluding carboxylic acids is 1. The fourth-order valence-electron chi connectivity index (χ4n) is 1.94. The Kier molecular flexibility index (Phi) is 3.28. The van der Waals surface area contributed by atoms with Gasteiger partial charge in [0.2, 0.25) is 0 Å². The van der Waals surface area contributed by atoms with Crippen molar-refractivity contribution in [1.29, 1.82) is 0 Å². The maximum Gasteiger partial charge on any atom is 0.124 e. The molecule has 16 heavy (non-hydrogen) atoms. The van der Waals surface area contributed by atoms with Crippen LogP contribution in [-0.4, -0.2) is 12.9 Å². The van der Waals surface area contributed by atoms with Gasteiger partial charge in [0.15, 0.2) is 0 Å². The van der Waals surface area contributed by atoms with Crippen molar-refractivity contribution < 1.29 is 9.53 Å². The molecule has 0 heterocycles. The molecule has 0 unspecified atom stereocenters. The van der Waals surface area contributed by atoms with Gasteiger partial charge >= 0.3 is 0 Å². The van der Waals surface area contributed by atoms with Crippen LogP contribution in [0.1, 0.15) is 29.5 Å². The Hall–Kier alpha value is -1.31. The number of rotatable bonds is 5. The lowest BCUT2D eigenvalue weighted by molar-refractivity contribution is -0.107. The first kappa shape index (κ1) is 11.2. The number of benzene rings is 1. The van der Waals surface area contributed by atoms with Crippen molar-refractivity contribution in [1.82, 2.24) is 0 Å². The van der Waals surface area contributed by atoms with E-state index in [1.165, 1.54) is 12.8 Å². The lowest BCUT2D eigenvalue weighted by atomic mass is 10.0. The van der Waals surface area contributed by atoms with Crippen molar-refractivity contribution in [3.05, 3.63) is 28.8 Å². The van der Waals surface area contributed by atoms with Gasteiger partial charge in [-0.3, -0.25) is 0 Å². The van der Waals surface area contributed by atoms with Crippen LogP contribution in [-0.2, 0) is 11.2 Å². The van der Waals surface area contributed by atoms with Gasteiger partial charge in [0.25, 0.3) is 0 Å². The summed E-state index contributed by atoms with van der Waals surface area (Å²) in [4.78, 5) is 10.6. The average Bonchev–Trinajstić information content (AvgIpc) is 3.04. The van der Waals surface area contributed by atoms with E-state index in [0.717, 1.165) is 41.3 Å². The smallest absolute Gasteiger partial charge is 0.124 e. The molecule has 1 fully saturated rings. The van der Waals surface area contributed by atoms with Crippen LogP contribution in [0.3, 0.4) is 0 Å². The van der Waals surface area contributed by atoms with Crippen molar-refractivity contribution >= 4 is 6.29 Å². The molecule has 1 saturated carbocycles. The van der Waals surface area contributed by atoms with E-state index in [0.29, 0.717) is 6.42 Å². The van der Waals surface area contributed by atoms with E-state index in [1.54, 1.807) is 0 Å². The monoisotopic (exact) mass is 218 g/mol. The molecule has 0 N–H and O–H groups in total. The first-order chi connectivity index (χ1) is 7.70. The summed E-state index contributed by atoms with van der Waals surface area (Å²) in [6.45, 7) is 4.91. The van der Waals surface area contributed by atoms with Crippen LogP contribution in [0.15, 0.2) is 12.1 Å². The Bertz CT molecular complexity index is 369. The fraction of sp³-hybridized carbons (Fsp3) is 0.500. The van der Waals surface area contributed by atoms with Crippen LogP contribution in [0.4, 0.5) is 0 Å². The Morgan fingerprint density at radius 3 is 2.44 bits per heavy atom. The van der Waals surface area contributed by atoms with E-state index in [1.807, 2.05) is 26.0 Å². The second-order valence-corrected chi connectivity index (χ2v) is 4.66.